The molecule has 2 heterocycles. The number of rotatable bonds is 9. The molecule has 9 nitrogen and oxygen atoms in total. The van der Waals surface area contributed by atoms with Crippen molar-refractivity contribution in [2.45, 2.75) is 49.4 Å². The van der Waals surface area contributed by atoms with Gasteiger partial charge >= 0.3 is 5.69 Å². The SMILES string of the molecule is COc1ccc(C(c2ccccc2)(c2ccc(OC)cc2)[C@]2(n3cc(C=CC#C[Si](C)(C)C)c(=O)[nH]c3=O)C[C@H](O)[C@@H](CO)O2)cc1. The van der Waals surface area contributed by atoms with Gasteiger partial charge in [-0.25, -0.2) is 4.79 Å². The van der Waals surface area contributed by atoms with E-state index in [0.717, 1.165) is 5.56 Å². The maximum absolute atomic E-state index is 14.1. The molecule has 5 rings (SSSR count). The molecule has 1 aromatic heterocycles. The summed E-state index contributed by atoms with van der Waals surface area (Å²) < 4.78 is 19.2. The van der Waals surface area contributed by atoms with Crippen molar-refractivity contribution in [2.24, 2.45) is 0 Å². The zero-order valence-corrected chi connectivity index (χ0v) is 28.2. The standard InChI is InChI=1S/C37H40N2O7Si/c1-44-30-18-14-28(15-19-30)37(27-12-7-6-8-13-27,29-16-20-31(45-2)21-17-29)36(23-32(41)33(25-40)46-36)39-24-26(34(42)38-35(39)43)11-9-10-22-47(3,4)5/h6-9,11-21,24,32-33,40-41H,23,25H2,1-5H3,(H,38,42,43)/t32-,33+,36-/m0/s1. The van der Waals surface area contributed by atoms with Gasteiger partial charge in [0.25, 0.3) is 5.56 Å². The number of benzene rings is 3. The van der Waals surface area contributed by atoms with Crippen molar-refractivity contribution < 1.29 is 24.4 Å². The maximum Gasteiger partial charge on any atom is 0.330 e. The molecule has 1 aliphatic heterocycles. The lowest BCUT2D eigenvalue weighted by molar-refractivity contribution is -0.147. The molecule has 0 unspecified atom stereocenters. The van der Waals surface area contributed by atoms with Gasteiger partial charge in [0, 0.05) is 12.6 Å². The maximum atomic E-state index is 14.1. The summed E-state index contributed by atoms with van der Waals surface area (Å²) in [6.45, 7) is 5.85. The van der Waals surface area contributed by atoms with E-state index in [9.17, 15) is 19.8 Å². The van der Waals surface area contributed by atoms with E-state index < -0.39 is 49.3 Å². The Balaban J connectivity index is 1.93. The molecule has 3 atom stereocenters. The Kier molecular flexibility index (Phi) is 9.75. The fourth-order valence-corrected chi connectivity index (χ4v) is 6.85. The summed E-state index contributed by atoms with van der Waals surface area (Å²) in [5, 5.41) is 21.9. The molecule has 0 spiro atoms. The molecular formula is C37H40N2O7Si. The second-order valence-corrected chi connectivity index (χ2v) is 17.3. The van der Waals surface area contributed by atoms with Crippen LogP contribution < -0.4 is 20.7 Å². The first-order valence-corrected chi connectivity index (χ1v) is 18.9. The van der Waals surface area contributed by atoms with E-state index in [2.05, 4.69) is 36.1 Å². The van der Waals surface area contributed by atoms with Gasteiger partial charge in [0.05, 0.1) is 37.9 Å². The van der Waals surface area contributed by atoms with Crippen LogP contribution in [0.25, 0.3) is 6.08 Å². The lowest BCUT2D eigenvalue weighted by atomic mass is 9.61. The van der Waals surface area contributed by atoms with Crippen molar-refractivity contribution in [2.75, 3.05) is 20.8 Å². The molecule has 1 saturated heterocycles. The van der Waals surface area contributed by atoms with E-state index in [1.165, 1.54) is 10.8 Å². The van der Waals surface area contributed by atoms with Gasteiger partial charge in [0.1, 0.15) is 25.7 Å². The Morgan fingerprint density at radius 2 is 1.51 bits per heavy atom. The average molecular weight is 653 g/mol. The zero-order valence-electron chi connectivity index (χ0n) is 27.2. The number of aliphatic hydroxyl groups excluding tert-OH is 2. The van der Waals surface area contributed by atoms with Gasteiger partial charge in [-0.2, -0.15) is 0 Å². The normalized spacial score (nSPS) is 19.7. The minimum Gasteiger partial charge on any atom is -0.497 e. The van der Waals surface area contributed by atoms with Crippen LogP contribution in [-0.4, -0.2) is 60.9 Å². The number of aromatic amines is 1. The van der Waals surface area contributed by atoms with E-state index in [1.54, 1.807) is 26.4 Å². The molecule has 47 heavy (non-hydrogen) atoms. The molecular weight excluding hydrogens is 613 g/mol. The smallest absolute Gasteiger partial charge is 0.330 e. The molecule has 3 N–H and O–H groups in total. The number of allylic oxidation sites excluding steroid dienone is 1. The van der Waals surface area contributed by atoms with Crippen molar-refractivity contribution in [1.29, 1.82) is 0 Å². The van der Waals surface area contributed by atoms with E-state index in [-0.39, 0.29) is 12.0 Å². The van der Waals surface area contributed by atoms with Crippen LogP contribution in [0.3, 0.4) is 0 Å². The van der Waals surface area contributed by atoms with E-state index in [0.29, 0.717) is 22.6 Å². The van der Waals surface area contributed by atoms with Crippen LogP contribution in [0, 0.1) is 11.5 Å². The quantitative estimate of drug-likeness (QED) is 0.140. The van der Waals surface area contributed by atoms with Crippen molar-refractivity contribution in [1.82, 2.24) is 9.55 Å². The molecule has 0 saturated carbocycles. The van der Waals surface area contributed by atoms with Crippen LogP contribution in [0.4, 0.5) is 0 Å². The molecule has 3 aromatic carbocycles. The molecule has 0 amide bonds. The molecule has 0 aliphatic carbocycles. The van der Waals surface area contributed by atoms with Crippen molar-refractivity contribution >= 4 is 14.1 Å². The van der Waals surface area contributed by atoms with Crippen LogP contribution in [0.5, 0.6) is 11.5 Å². The highest BCUT2D eigenvalue weighted by atomic mass is 28.3. The van der Waals surface area contributed by atoms with E-state index in [1.807, 2.05) is 78.9 Å². The molecule has 4 aromatic rings. The number of hydrogen-bond acceptors (Lipinski definition) is 7. The highest BCUT2D eigenvalue weighted by molar-refractivity contribution is 6.83. The molecule has 1 aliphatic rings. The number of aliphatic hydroxyl groups is 2. The van der Waals surface area contributed by atoms with Crippen molar-refractivity contribution in [3.05, 3.63) is 134 Å². The summed E-state index contributed by atoms with van der Waals surface area (Å²) in [5.41, 5.74) is 1.15. The lowest BCUT2D eigenvalue weighted by Gasteiger charge is -2.50. The van der Waals surface area contributed by atoms with Crippen molar-refractivity contribution in [3.63, 3.8) is 0 Å². The van der Waals surface area contributed by atoms with Gasteiger partial charge in [-0.1, -0.05) is 80.2 Å². The topological polar surface area (TPSA) is 123 Å². The van der Waals surface area contributed by atoms with Gasteiger partial charge in [-0.05, 0) is 53.1 Å². The lowest BCUT2D eigenvalue weighted by Crippen LogP contribution is -2.59. The second-order valence-electron chi connectivity index (χ2n) is 12.5. The predicted molar refractivity (Wildman–Crippen MR) is 184 cm³/mol. The fraction of sp³-hybridized carbons (Fsp3) is 0.297. The average Bonchev–Trinajstić information content (AvgIpc) is 3.41. The van der Waals surface area contributed by atoms with Gasteiger partial charge < -0.3 is 24.4 Å². The third-order valence-electron chi connectivity index (χ3n) is 8.43. The van der Waals surface area contributed by atoms with Crippen molar-refractivity contribution in [3.8, 4) is 23.0 Å². The van der Waals surface area contributed by atoms with Gasteiger partial charge in [0.15, 0.2) is 5.72 Å². The zero-order chi connectivity index (χ0) is 33.8. The molecule has 1 fully saturated rings. The predicted octanol–water partition coefficient (Wildman–Crippen LogP) is 4.28. The first-order valence-electron chi connectivity index (χ1n) is 15.4. The summed E-state index contributed by atoms with van der Waals surface area (Å²) in [4.78, 5) is 29.7. The van der Waals surface area contributed by atoms with E-state index >= 15 is 0 Å². The Morgan fingerprint density at radius 1 is 0.957 bits per heavy atom. The highest BCUT2D eigenvalue weighted by Crippen LogP contribution is 2.57. The monoisotopic (exact) mass is 652 g/mol. The van der Waals surface area contributed by atoms with Gasteiger partial charge in [-0.15, -0.1) is 5.54 Å². The third kappa shape index (κ3) is 6.35. The number of nitrogens with one attached hydrogen (secondary N) is 1. The summed E-state index contributed by atoms with van der Waals surface area (Å²) >= 11 is 0. The Labute approximate surface area is 275 Å². The number of aromatic nitrogens is 2. The summed E-state index contributed by atoms with van der Waals surface area (Å²) in [7, 11) is 1.48. The first-order chi connectivity index (χ1) is 22.5. The number of hydrogen-bond donors (Lipinski definition) is 3. The largest absolute Gasteiger partial charge is 0.497 e. The van der Waals surface area contributed by atoms with Gasteiger partial charge in [-0.3, -0.25) is 14.3 Å². The van der Waals surface area contributed by atoms with Crippen LogP contribution in [0.2, 0.25) is 19.6 Å². The van der Waals surface area contributed by atoms with E-state index in [4.69, 9.17) is 14.2 Å². The van der Waals surface area contributed by atoms with Crippen LogP contribution in [0.1, 0.15) is 28.7 Å². The number of nitrogens with zero attached hydrogens (tertiary/aromatic N) is 1. The summed E-state index contributed by atoms with van der Waals surface area (Å²) in [6.07, 6.45) is 2.29. The number of ether oxygens (including phenoxy) is 3. The Bertz CT molecular complexity index is 1850. The fourth-order valence-electron chi connectivity index (χ4n) is 6.34. The second kappa shape index (κ2) is 13.6. The van der Waals surface area contributed by atoms with Crippen LogP contribution in [-0.2, 0) is 15.9 Å². The molecule has 244 valence electrons. The van der Waals surface area contributed by atoms with Gasteiger partial charge in [0.2, 0.25) is 0 Å². The Morgan fingerprint density at radius 3 is 2.00 bits per heavy atom. The summed E-state index contributed by atoms with van der Waals surface area (Å²) in [6, 6.07) is 24.4. The minimum absolute atomic E-state index is 0.115. The number of H-pyrrole nitrogens is 1. The first kappa shape index (κ1) is 33.7. The molecule has 10 heteroatoms. The van der Waals surface area contributed by atoms with Crippen LogP contribution in [0.15, 0.2) is 101 Å². The summed E-state index contributed by atoms with van der Waals surface area (Å²) in [5.74, 6) is 4.27. The molecule has 0 radical (unpaired) electrons. The number of methoxy groups -OCH3 is 2. The minimum atomic E-state index is -1.72. The Hall–Kier alpha value is -4.66. The molecule has 0 bridgehead atoms. The highest BCUT2D eigenvalue weighted by Gasteiger charge is 2.63. The third-order valence-corrected chi connectivity index (χ3v) is 9.33. The van der Waals surface area contributed by atoms with Crippen LogP contribution >= 0.6 is 0 Å².